The van der Waals surface area contributed by atoms with E-state index < -0.39 is 0 Å². The topological polar surface area (TPSA) is 12.0 Å². The molecule has 94 valence electrons. The molecular formula is C14H20BrNS. The van der Waals surface area contributed by atoms with Crippen LogP contribution in [-0.2, 0) is 0 Å². The molecule has 1 fully saturated rings. The van der Waals surface area contributed by atoms with Gasteiger partial charge in [0, 0.05) is 21.2 Å². The molecule has 1 unspecified atom stereocenters. The molecule has 0 aliphatic heterocycles. The van der Waals surface area contributed by atoms with Gasteiger partial charge in [-0.25, -0.2) is 0 Å². The fourth-order valence-corrected chi connectivity index (χ4v) is 3.65. The Hall–Kier alpha value is 0.01000. The van der Waals surface area contributed by atoms with Crippen molar-refractivity contribution in [3.8, 4) is 0 Å². The number of rotatable bonds is 7. The molecule has 0 radical (unpaired) electrons. The highest BCUT2D eigenvalue weighted by atomic mass is 79.9. The van der Waals surface area contributed by atoms with Crippen molar-refractivity contribution < 1.29 is 0 Å². The summed E-state index contributed by atoms with van der Waals surface area (Å²) in [4.78, 5) is 1.35. The maximum absolute atomic E-state index is 3.61. The summed E-state index contributed by atoms with van der Waals surface area (Å²) in [5.41, 5.74) is 0. The second kappa shape index (κ2) is 6.81. The van der Waals surface area contributed by atoms with E-state index in [0.29, 0.717) is 6.04 Å². The van der Waals surface area contributed by atoms with Crippen molar-refractivity contribution in [2.75, 3.05) is 12.3 Å². The normalized spacial score (nSPS) is 17.1. The Morgan fingerprint density at radius 2 is 2.18 bits per heavy atom. The van der Waals surface area contributed by atoms with Crippen LogP contribution in [0.2, 0.25) is 0 Å². The summed E-state index contributed by atoms with van der Waals surface area (Å²) in [7, 11) is 0. The zero-order valence-electron chi connectivity index (χ0n) is 10.3. The number of halogens is 1. The fraction of sp³-hybridized carbons (Fsp3) is 0.571. The van der Waals surface area contributed by atoms with E-state index in [1.54, 1.807) is 0 Å². The third-order valence-electron chi connectivity index (χ3n) is 3.08. The van der Waals surface area contributed by atoms with E-state index in [1.165, 1.54) is 34.4 Å². The van der Waals surface area contributed by atoms with Crippen LogP contribution in [0.15, 0.2) is 33.6 Å². The number of hydrogen-bond donors (Lipinski definition) is 1. The van der Waals surface area contributed by atoms with Gasteiger partial charge in [0.25, 0.3) is 0 Å². The molecule has 1 N–H and O–H groups in total. The molecule has 0 amide bonds. The minimum absolute atomic E-state index is 0.671. The minimum Gasteiger partial charge on any atom is -0.313 e. The van der Waals surface area contributed by atoms with Crippen LogP contribution in [0.3, 0.4) is 0 Å². The first kappa shape index (κ1) is 13.4. The summed E-state index contributed by atoms with van der Waals surface area (Å²) < 4.78 is 1.21. The highest BCUT2D eigenvalue weighted by molar-refractivity contribution is 9.10. The van der Waals surface area contributed by atoms with Gasteiger partial charge in [-0.05, 0) is 46.9 Å². The van der Waals surface area contributed by atoms with E-state index >= 15 is 0 Å². The minimum atomic E-state index is 0.671. The van der Waals surface area contributed by atoms with Crippen LogP contribution < -0.4 is 5.32 Å². The van der Waals surface area contributed by atoms with Crippen LogP contribution in [0, 0.1) is 5.92 Å². The largest absolute Gasteiger partial charge is 0.313 e. The maximum atomic E-state index is 3.61. The molecule has 1 atom stereocenters. The molecule has 0 saturated heterocycles. The van der Waals surface area contributed by atoms with Crippen molar-refractivity contribution in [3.05, 3.63) is 28.7 Å². The monoisotopic (exact) mass is 313 g/mol. The van der Waals surface area contributed by atoms with Crippen molar-refractivity contribution in [1.29, 1.82) is 0 Å². The number of hydrogen-bond acceptors (Lipinski definition) is 2. The number of thioether (sulfide) groups is 1. The average Bonchev–Trinajstić information content (AvgIpc) is 3.12. The summed E-state index contributed by atoms with van der Waals surface area (Å²) in [6.07, 6.45) is 4.24. The molecule has 0 spiro atoms. The Labute approximate surface area is 117 Å². The Morgan fingerprint density at radius 3 is 2.82 bits per heavy atom. The Balaban J connectivity index is 1.83. The van der Waals surface area contributed by atoms with Crippen molar-refractivity contribution >= 4 is 27.7 Å². The van der Waals surface area contributed by atoms with Gasteiger partial charge in [-0.2, -0.15) is 0 Å². The molecule has 2 rings (SSSR count). The van der Waals surface area contributed by atoms with E-state index in [9.17, 15) is 0 Å². The molecule has 1 aliphatic rings. The quantitative estimate of drug-likeness (QED) is 0.752. The predicted molar refractivity (Wildman–Crippen MR) is 79.7 cm³/mol. The van der Waals surface area contributed by atoms with Gasteiger partial charge in [-0.15, -0.1) is 11.8 Å². The van der Waals surface area contributed by atoms with Gasteiger partial charge < -0.3 is 5.32 Å². The number of benzene rings is 1. The molecule has 1 aliphatic carbocycles. The van der Waals surface area contributed by atoms with Gasteiger partial charge in [-0.1, -0.05) is 31.9 Å². The van der Waals surface area contributed by atoms with Crippen molar-refractivity contribution in [1.82, 2.24) is 5.32 Å². The van der Waals surface area contributed by atoms with Crippen LogP contribution in [-0.4, -0.2) is 18.3 Å². The van der Waals surface area contributed by atoms with E-state index in [0.717, 1.165) is 12.5 Å². The summed E-state index contributed by atoms with van der Waals surface area (Å²) in [5.74, 6) is 2.17. The van der Waals surface area contributed by atoms with Gasteiger partial charge in [0.05, 0.1) is 0 Å². The third kappa shape index (κ3) is 4.65. The van der Waals surface area contributed by atoms with Gasteiger partial charge in [0.15, 0.2) is 0 Å². The lowest BCUT2D eigenvalue weighted by Gasteiger charge is -2.17. The molecule has 1 nitrogen and oxygen atoms in total. The molecule has 1 aromatic rings. The van der Waals surface area contributed by atoms with Crippen LogP contribution in [0.4, 0.5) is 0 Å². The summed E-state index contributed by atoms with van der Waals surface area (Å²) >= 11 is 5.56. The molecule has 0 heterocycles. The highest BCUT2D eigenvalue weighted by Crippen LogP contribution is 2.35. The average molecular weight is 314 g/mol. The van der Waals surface area contributed by atoms with Crippen molar-refractivity contribution in [2.45, 2.75) is 37.1 Å². The molecule has 0 aromatic heterocycles. The molecular weight excluding hydrogens is 294 g/mol. The number of nitrogens with one attached hydrogen (secondary N) is 1. The Bertz CT molecular complexity index is 352. The van der Waals surface area contributed by atoms with Crippen molar-refractivity contribution in [2.24, 2.45) is 5.92 Å². The zero-order chi connectivity index (χ0) is 12.1. The lowest BCUT2D eigenvalue weighted by molar-refractivity contribution is 0.508. The van der Waals surface area contributed by atoms with Crippen LogP contribution >= 0.6 is 27.7 Å². The summed E-state index contributed by atoms with van der Waals surface area (Å²) in [5, 5.41) is 3.61. The second-order valence-corrected chi connectivity index (χ2v) is 6.59. The smallest absolute Gasteiger partial charge is 0.0311 e. The van der Waals surface area contributed by atoms with E-state index in [2.05, 4.69) is 52.4 Å². The van der Waals surface area contributed by atoms with E-state index in [-0.39, 0.29) is 0 Å². The Morgan fingerprint density at radius 1 is 1.41 bits per heavy atom. The summed E-state index contributed by atoms with van der Waals surface area (Å²) in [6, 6.07) is 9.15. The van der Waals surface area contributed by atoms with Gasteiger partial charge >= 0.3 is 0 Å². The van der Waals surface area contributed by atoms with Crippen LogP contribution in [0.1, 0.15) is 26.2 Å². The lowest BCUT2D eigenvalue weighted by Crippen LogP contribution is -2.31. The molecule has 0 bridgehead atoms. The van der Waals surface area contributed by atoms with Gasteiger partial charge in [0.1, 0.15) is 0 Å². The Kier molecular flexibility index (Phi) is 5.39. The lowest BCUT2D eigenvalue weighted by atomic mass is 10.1. The molecule has 1 aromatic carbocycles. The molecule has 17 heavy (non-hydrogen) atoms. The summed E-state index contributed by atoms with van der Waals surface area (Å²) in [6.45, 7) is 3.27. The van der Waals surface area contributed by atoms with E-state index in [4.69, 9.17) is 0 Å². The second-order valence-electron chi connectivity index (χ2n) is 4.68. The first-order chi connectivity index (χ1) is 8.29. The van der Waals surface area contributed by atoms with Gasteiger partial charge in [0.2, 0.25) is 0 Å². The maximum Gasteiger partial charge on any atom is 0.0311 e. The van der Waals surface area contributed by atoms with Crippen LogP contribution in [0.25, 0.3) is 0 Å². The SMILES string of the molecule is CCNC(CSc1ccccc1Br)CC1CC1. The third-order valence-corrected chi connectivity index (χ3v) is 5.27. The zero-order valence-corrected chi connectivity index (χ0v) is 12.7. The first-order valence-electron chi connectivity index (χ1n) is 6.40. The fourth-order valence-electron chi connectivity index (χ4n) is 2.01. The standard InChI is InChI=1S/C14H20BrNS/c1-2-16-12(9-11-7-8-11)10-17-14-6-4-3-5-13(14)15/h3-6,11-12,16H,2,7-10H2,1H3. The van der Waals surface area contributed by atoms with Crippen LogP contribution in [0.5, 0.6) is 0 Å². The first-order valence-corrected chi connectivity index (χ1v) is 8.18. The highest BCUT2D eigenvalue weighted by Gasteiger charge is 2.25. The van der Waals surface area contributed by atoms with Crippen molar-refractivity contribution in [3.63, 3.8) is 0 Å². The molecule has 3 heteroatoms. The molecule has 1 saturated carbocycles. The van der Waals surface area contributed by atoms with Gasteiger partial charge in [-0.3, -0.25) is 0 Å². The predicted octanol–water partition coefficient (Wildman–Crippen LogP) is 4.32. The van der Waals surface area contributed by atoms with E-state index in [1.807, 2.05) is 11.8 Å².